The first-order valence-corrected chi connectivity index (χ1v) is 10.8. The average Bonchev–Trinajstić information content (AvgIpc) is 2.56. The molecule has 0 bridgehead atoms. The number of hydrogen-bond acceptors (Lipinski definition) is 0. The Labute approximate surface area is 146 Å². The second-order valence-corrected chi connectivity index (χ2v) is 7.44. The molecule has 0 aromatic carbocycles. The smallest absolute Gasteiger partial charge is 0.0348 e. The van der Waals surface area contributed by atoms with Crippen molar-refractivity contribution in [1.82, 2.24) is 0 Å². The van der Waals surface area contributed by atoms with Gasteiger partial charge in [-0.05, 0) is 25.7 Å². The first kappa shape index (κ1) is 20.5. The molecule has 0 nitrogen and oxygen atoms in total. The molecule has 0 spiro atoms. The van der Waals surface area contributed by atoms with Gasteiger partial charge in [0.15, 0.2) is 0 Å². The van der Waals surface area contributed by atoms with Gasteiger partial charge in [0.05, 0.1) is 0 Å². The Morgan fingerprint density at radius 1 is 0.261 bits per heavy atom. The molecule has 0 aromatic heterocycles. The van der Waals surface area contributed by atoms with Crippen molar-refractivity contribution in [3.63, 3.8) is 0 Å². The highest BCUT2D eigenvalue weighted by molar-refractivity contribution is 5.02. The Morgan fingerprint density at radius 3 is 0.739 bits per heavy atom. The van der Waals surface area contributed by atoms with Crippen LogP contribution in [0.1, 0.15) is 122 Å². The van der Waals surface area contributed by atoms with E-state index in [9.17, 15) is 0 Å². The van der Waals surface area contributed by atoms with Gasteiger partial charge in [-0.15, -0.1) is 0 Å². The van der Waals surface area contributed by atoms with Crippen LogP contribution < -0.4 is 0 Å². The number of allylic oxidation sites excluding steroid dienone is 4. The van der Waals surface area contributed by atoms with Crippen molar-refractivity contribution in [2.45, 2.75) is 122 Å². The Balaban J connectivity index is 2.10. The van der Waals surface area contributed by atoms with Crippen LogP contribution in [-0.4, -0.2) is 0 Å². The van der Waals surface area contributed by atoms with Crippen molar-refractivity contribution >= 4 is 0 Å². The minimum Gasteiger partial charge on any atom is -0.0845 e. The molecule has 1 rings (SSSR count). The third-order valence-electron chi connectivity index (χ3n) is 5.12. The highest BCUT2D eigenvalue weighted by atomic mass is 14.0. The summed E-state index contributed by atoms with van der Waals surface area (Å²) in [5.41, 5.74) is 0. The molecule has 134 valence electrons. The molecule has 0 amide bonds. The van der Waals surface area contributed by atoms with Crippen molar-refractivity contribution in [1.29, 1.82) is 0 Å². The maximum absolute atomic E-state index is 2.35. The Morgan fingerprint density at radius 2 is 0.478 bits per heavy atom. The van der Waals surface area contributed by atoms with Crippen LogP contribution in [0.3, 0.4) is 0 Å². The van der Waals surface area contributed by atoms with Gasteiger partial charge in [0.25, 0.3) is 0 Å². The van der Waals surface area contributed by atoms with E-state index in [2.05, 4.69) is 24.3 Å². The van der Waals surface area contributed by atoms with E-state index >= 15 is 0 Å². The van der Waals surface area contributed by atoms with E-state index in [0.29, 0.717) is 0 Å². The Bertz CT molecular complexity index is 246. The van der Waals surface area contributed by atoms with E-state index in [1.165, 1.54) is 122 Å². The predicted molar refractivity (Wildman–Crippen MR) is 106 cm³/mol. The summed E-state index contributed by atoms with van der Waals surface area (Å²) in [7, 11) is 0. The summed E-state index contributed by atoms with van der Waals surface area (Å²) >= 11 is 0. The molecule has 0 unspecified atom stereocenters. The first-order chi connectivity index (χ1) is 11.5. The van der Waals surface area contributed by atoms with Crippen LogP contribution in [0.25, 0.3) is 0 Å². The van der Waals surface area contributed by atoms with Crippen molar-refractivity contribution in [3.05, 3.63) is 24.3 Å². The third-order valence-corrected chi connectivity index (χ3v) is 5.12. The van der Waals surface area contributed by atoms with E-state index in [-0.39, 0.29) is 0 Å². The standard InChI is InChI=1S/C23H42/c1-2-4-6-8-10-12-14-16-18-20-22-23-21-19-17-15-13-11-9-7-5-3-1/h1-4H,5-23H2. The summed E-state index contributed by atoms with van der Waals surface area (Å²) in [6.07, 6.45) is 36.5. The van der Waals surface area contributed by atoms with Gasteiger partial charge in [0.1, 0.15) is 0 Å². The van der Waals surface area contributed by atoms with Crippen LogP contribution in [0, 0.1) is 0 Å². The second-order valence-electron chi connectivity index (χ2n) is 7.44. The maximum Gasteiger partial charge on any atom is -0.0348 e. The lowest BCUT2D eigenvalue weighted by molar-refractivity contribution is 0.526. The van der Waals surface area contributed by atoms with Gasteiger partial charge in [-0.1, -0.05) is 121 Å². The Kier molecular flexibility index (Phi) is 15.9. The normalized spacial score (nSPS) is 22.6. The molecule has 0 N–H and O–H groups in total. The monoisotopic (exact) mass is 318 g/mol. The van der Waals surface area contributed by atoms with Crippen molar-refractivity contribution < 1.29 is 0 Å². The molecule has 0 heteroatoms. The first-order valence-electron chi connectivity index (χ1n) is 10.8. The zero-order valence-electron chi connectivity index (χ0n) is 15.7. The van der Waals surface area contributed by atoms with Gasteiger partial charge in [-0.3, -0.25) is 0 Å². The van der Waals surface area contributed by atoms with Crippen molar-refractivity contribution in [3.8, 4) is 0 Å². The van der Waals surface area contributed by atoms with Crippen LogP contribution in [-0.2, 0) is 0 Å². The SMILES string of the molecule is C1=CCCCCCCCCCCCCCCCCCCCC=C1. The van der Waals surface area contributed by atoms with Gasteiger partial charge >= 0.3 is 0 Å². The molecule has 0 aliphatic heterocycles. The summed E-state index contributed by atoms with van der Waals surface area (Å²) in [5, 5.41) is 0. The number of hydrogen-bond donors (Lipinski definition) is 0. The molecule has 0 saturated carbocycles. The van der Waals surface area contributed by atoms with E-state index in [1.54, 1.807) is 0 Å². The molecular formula is C23H42. The summed E-state index contributed by atoms with van der Waals surface area (Å²) in [4.78, 5) is 0. The molecule has 0 fully saturated rings. The van der Waals surface area contributed by atoms with Crippen LogP contribution in [0.2, 0.25) is 0 Å². The summed E-state index contributed by atoms with van der Waals surface area (Å²) in [6, 6.07) is 0. The molecule has 0 saturated heterocycles. The van der Waals surface area contributed by atoms with Gasteiger partial charge in [-0.25, -0.2) is 0 Å². The topological polar surface area (TPSA) is 0 Å². The minimum atomic E-state index is 1.27. The van der Waals surface area contributed by atoms with Crippen LogP contribution >= 0.6 is 0 Å². The molecule has 1 aliphatic carbocycles. The fourth-order valence-electron chi connectivity index (χ4n) is 3.53. The summed E-state index contributed by atoms with van der Waals surface area (Å²) in [5.74, 6) is 0. The summed E-state index contributed by atoms with van der Waals surface area (Å²) < 4.78 is 0. The van der Waals surface area contributed by atoms with E-state index in [0.717, 1.165) is 0 Å². The van der Waals surface area contributed by atoms with Crippen LogP contribution in [0.15, 0.2) is 24.3 Å². The molecule has 0 heterocycles. The van der Waals surface area contributed by atoms with E-state index in [1.807, 2.05) is 0 Å². The van der Waals surface area contributed by atoms with Crippen molar-refractivity contribution in [2.75, 3.05) is 0 Å². The highest BCUT2D eigenvalue weighted by Gasteiger charge is 1.95. The Hall–Kier alpha value is -0.520. The lowest BCUT2D eigenvalue weighted by Crippen LogP contribution is -1.84. The minimum absolute atomic E-state index is 1.27. The average molecular weight is 319 g/mol. The number of rotatable bonds is 0. The largest absolute Gasteiger partial charge is 0.0845 e. The van der Waals surface area contributed by atoms with Gasteiger partial charge in [-0.2, -0.15) is 0 Å². The predicted octanol–water partition coefficient (Wildman–Crippen LogP) is 8.52. The van der Waals surface area contributed by atoms with Gasteiger partial charge < -0.3 is 0 Å². The third kappa shape index (κ3) is 16.1. The zero-order valence-corrected chi connectivity index (χ0v) is 15.7. The quantitative estimate of drug-likeness (QED) is 0.420. The van der Waals surface area contributed by atoms with Crippen LogP contribution in [0.5, 0.6) is 0 Å². The van der Waals surface area contributed by atoms with Crippen molar-refractivity contribution in [2.24, 2.45) is 0 Å². The maximum atomic E-state index is 2.35. The second kappa shape index (κ2) is 17.8. The molecule has 0 radical (unpaired) electrons. The lowest BCUT2D eigenvalue weighted by atomic mass is 10.0. The van der Waals surface area contributed by atoms with E-state index in [4.69, 9.17) is 0 Å². The van der Waals surface area contributed by atoms with Crippen LogP contribution in [0.4, 0.5) is 0 Å². The molecule has 1 aliphatic rings. The fourth-order valence-corrected chi connectivity index (χ4v) is 3.53. The molecule has 0 atom stereocenters. The van der Waals surface area contributed by atoms with Gasteiger partial charge in [0.2, 0.25) is 0 Å². The van der Waals surface area contributed by atoms with E-state index < -0.39 is 0 Å². The molecule has 0 aromatic rings. The lowest BCUT2D eigenvalue weighted by Gasteiger charge is -2.03. The highest BCUT2D eigenvalue weighted by Crippen LogP contribution is 2.14. The van der Waals surface area contributed by atoms with Gasteiger partial charge in [0, 0.05) is 0 Å². The summed E-state index contributed by atoms with van der Waals surface area (Å²) in [6.45, 7) is 0. The zero-order chi connectivity index (χ0) is 16.3. The molecular weight excluding hydrogens is 276 g/mol. The fraction of sp³-hybridized carbons (Fsp3) is 0.826. The molecule has 23 heavy (non-hydrogen) atoms.